The van der Waals surface area contributed by atoms with E-state index in [1.165, 1.54) is 0 Å². The van der Waals surface area contributed by atoms with Crippen molar-refractivity contribution in [1.29, 1.82) is 0 Å². The van der Waals surface area contributed by atoms with Crippen LogP contribution in [-0.2, 0) is 4.74 Å². The number of alkyl carbamates (subject to hydrolysis) is 1. The van der Waals surface area contributed by atoms with E-state index >= 15 is 0 Å². The monoisotopic (exact) mass is 286 g/mol. The van der Waals surface area contributed by atoms with Gasteiger partial charge in [-0.2, -0.15) is 0 Å². The first kappa shape index (κ1) is 17.2. The summed E-state index contributed by atoms with van der Waals surface area (Å²) in [6, 6.07) is 0.113. The maximum atomic E-state index is 11.8. The van der Waals surface area contributed by atoms with Crippen molar-refractivity contribution in [3.05, 3.63) is 0 Å². The molecule has 1 aliphatic rings. The van der Waals surface area contributed by atoms with E-state index in [1.54, 1.807) is 0 Å². The number of hydrogen-bond donors (Lipinski definition) is 2. The quantitative estimate of drug-likeness (QED) is 0.811. The first-order valence-electron chi connectivity index (χ1n) is 7.64. The molecule has 5 nitrogen and oxygen atoms in total. The fourth-order valence-electron chi connectivity index (χ4n) is 2.61. The molecule has 2 atom stereocenters. The molecule has 20 heavy (non-hydrogen) atoms. The van der Waals surface area contributed by atoms with Crippen LogP contribution in [0.2, 0.25) is 0 Å². The number of carbonyl (C=O) groups excluding carboxylic acids is 1. The third-order valence-electron chi connectivity index (χ3n) is 3.63. The number of aliphatic hydroxyl groups is 1. The van der Waals surface area contributed by atoms with Gasteiger partial charge in [0, 0.05) is 25.7 Å². The maximum Gasteiger partial charge on any atom is 0.407 e. The Morgan fingerprint density at radius 1 is 1.50 bits per heavy atom. The Hall–Kier alpha value is -0.810. The van der Waals surface area contributed by atoms with E-state index in [1.807, 2.05) is 27.7 Å². The van der Waals surface area contributed by atoms with Crippen LogP contribution < -0.4 is 5.32 Å². The summed E-state index contributed by atoms with van der Waals surface area (Å²) in [6.45, 7) is 10.9. The van der Waals surface area contributed by atoms with Gasteiger partial charge >= 0.3 is 6.09 Å². The predicted molar refractivity (Wildman–Crippen MR) is 79.7 cm³/mol. The Labute approximate surface area is 122 Å². The molecule has 118 valence electrons. The summed E-state index contributed by atoms with van der Waals surface area (Å²) in [7, 11) is 0. The summed E-state index contributed by atoms with van der Waals surface area (Å²) in [4.78, 5) is 14.2. The minimum absolute atomic E-state index is 0.113. The molecule has 0 aromatic rings. The van der Waals surface area contributed by atoms with Crippen molar-refractivity contribution in [2.45, 2.75) is 58.6 Å². The number of amides is 1. The molecule has 0 aromatic carbocycles. The minimum atomic E-state index is -0.455. The number of rotatable bonds is 5. The second-order valence-electron chi connectivity index (χ2n) is 6.71. The van der Waals surface area contributed by atoms with E-state index in [4.69, 9.17) is 9.84 Å². The van der Waals surface area contributed by atoms with E-state index in [-0.39, 0.29) is 18.7 Å². The van der Waals surface area contributed by atoms with Gasteiger partial charge in [-0.3, -0.25) is 0 Å². The van der Waals surface area contributed by atoms with Crippen LogP contribution in [0.5, 0.6) is 0 Å². The highest BCUT2D eigenvalue weighted by molar-refractivity contribution is 5.68. The number of likely N-dealkylation sites (tertiary alicyclic amines) is 1. The Morgan fingerprint density at radius 3 is 2.80 bits per heavy atom. The number of piperidine rings is 1. The standard InChI is InChI=1S/C15H30N2O3/c1-12(16-14(19)20-15(2,3)4)13-7-5-8-17(11-13)9-6-10-18/h12-13,18H,5-11H2,1-4H3,(H,16,19). The summed E-state index contributed by atoms with van der Waals surface area (Å²) in [6.07, 6.45) is 2.77. The SMILES string of the molecule is CC(NC(=O)OC(C)(C)C)C1CCCN(CCCO)C1. The van der Waals surface area contributed by atoms with Crippen molar-refractivity contribution >= 4 is 6.09 Å². The van der Waals surface area contributed by atoms with Gasteiger partial charge in [-0.15, -0.1) is 0 Å². The fraction of sp³-hybridized carbons (Fsp3) is 0.933. The zero-order valence-electron chi connectivity index (χ0n) is 13.3. The van der Waals surface area contributed by atoms with E-state index < -0.39 is 5.60 Å². The average Bonchev–Trinajstić information content (AvgIpc) is 2.34. The highest BCUT2D eigenvalue weighted by atomic mass is 16.6. The molecular weight excluding hydrogens is 256 g/mol. The lowest BCUT2D eigenvalue weighted by molar-refractivity contribution is 0.0467. The van der Waals surface area contributed by atoms with E-state index in [0.717, 1.165) is 38.9 Å². The third kappa shape index (κ3) is 6.57. The molecule has 2 unspecified atom stereocenters. The van der Waals surface area contributed by atoms with Gasteiger partial charge in [-0.25, -0.2) is 4.79 Å². The van der Waals surface area contributed by atoms with Crippen LogP contribution in [-0.4, -0.2) is 54.0 Å². The molecule has 2 N–H and O–H groups in total. The lowest BCUT2D eigenvalue weighted by atomic mass is 9.91. The molecule has 0 aromatic heterocycles. The average molecular weight is 286 g/mol. The van der Waals surface area contributed by atoms with Crippen molar-refractivity contribution in [3.63, 3.8) is 0 Å². The summed E-state index contributed by atoms with van der Waals surface area (Å²) >= 11 is 0. The largest absolute Gasteiger partial charge is 0.444 e. The van der Waals surface area contributed by atoms with Crippen molar-refractivity contribution in [2.24, 2.45) is 5.92 Å². The smallest absolute Gasteiger partial charge is 0.407 e. The van der Waals surface area contributed by atoms with Gasteiger partial charge in [0.25, 0.3) is 0 Å². The molecule has 1 aliphatic heterocycles. The molecule has 0 radical (unpaired) electrons. The molecule has 0 saturated carbocycles. The van der Waals surface area contributed by atoms with Crippen LogP contribution in [0.25, 0.3) is 0 Å². The van der Waals surface area contributed by atoms with Crippen LogP contribution in [0, 0.1) is 5.92 Å². The highest BCUT2D eigenvalue weighted by Gasteiger charge is 2.26. The zero-order valence-corrected chi connectivity index (χ0v) is 13.3. The Morgan fingerprint density at radius 2 is 2.20 bits per heavy atom. The summed E-state index contributed by atoms with van der Waals surface area (Å²) in [5.41, 5.74) is -0.455. The van der Waals surface area contributed by atoms with Gasteiger partial charge in [-0.1, -0.05) is 0 Å². The number of ether oxygens (including phenoxy) is 1. The van der Waals surface area contributed by atoms with Gasteiger partial charge < -0.3 is 20.1 Å². The van der Waals surface area contributed by atoms with Crippen molar-refractivity contribution < 1.29 is 14.6 Å². The molecule has 1 amide bonds. The molecule has 5 heteroatoms. The fourth-order valence-corrected chi connectivity index (χ4v) is 2.61. The first-order chi connectivity index (χ1) is 9.31. The number of nitrogens with zero attached hydrogens (tertiary/aromatic N) is 1. The summed E-state index contributed by atoms with van der Waals surface area (Å²) in [5.74, 6) is 0.454. The Balaban J connectivity index is 2.38. The van der Waals surface area contributed by atoms with Gasteiger partial charge in [0.15, 0.2) is 0 Å². The number of carbonyl (C=O) groups is 1. The second-order valence-corrected chi connectivity index (χ2v) is 6.71. The first-order valence-corrected chi connectivity index (χ1v) is 7.64. The van der Waals surface area contributed by atoms with Crippen LogP contribution >= 0.6 is 0 Å². The zero-order chi connectivity index (χ0) is 15.2. The van der Waals surface area contributed by atoms with Gasteiger partial charge in [0.2, 0.25) is 0 Å². The summed E-state index contributed by atoms with van der Waals surface area (Å²) in [5, 5.41) is 11.8. The van der Waals surface area contributed by atoms with E-state index in [9.17, 15) is 4.79 Å². The molecule has 0 bridgehead atoms. The van der Waals surface area contributed by atoms with Crippen molar-refractivity contribution in [3.8, 4) is 0 Å². The van der Waals surface area contributed by atoms with Gasteiger partial charge in [0.1, 0.15) is 5.60 Å². The Kier molecular flexibility index (Phi) is 6.76. The van der Waals surface area contributed by atoms with Crippen LogP contribution in [0.15, 0.2) is 0 Å². The molecule has 0 spiro atoms. The predicted octanol–water partition coefficient (Wildman–Crippen LogP) is 1.99. The molecule has 1 fully saturated rings. The highest BCUT2D eigenvalue weighted by Crippen LogP contribution is 2.20. The lowest BCUT2D eigenvalue weighted by Crippen LogP contribution is -2.47. The van der Waals surface area contributed by atoms with Crippen LogP contribution in [0.4, 0.5) is 4.79 Å². The molecular formula is C15H30N2O3. The van der Waals surface area contributed by atoms with E-state index in [2.05, 4.69) is 10.2 Å². The number of aliphatic hydroxyl groups excluding tert-OH is 1. The molecule has 1 saturated heterocycles. The summed E-state index contributed by atoms with van der Waals surface area (Å²) < 4.78 is 5.29. The maximum absolute atomic E-state index is 11.8. The molecule has 1 heterocycles. The van der Waals surface area contributed by atoms with Crippen molar-refractivity contribution in [1.82, 2.24) is 10.2 Å². The van der Waals surface area contributed by atoms with Crippen LogP contribution in [0.3, 0.4) is 0 Å². The normalized spacial score (nSPS) is 22.4. The molecule has 1 rings (SSSR count). The third-order valence-corrected chi connectivity index (χ3v) is 3.63. The van der Waals surface area contributed by atoms with Crippen LogP contribution in [0.1, 0.15) is 47.0 Å². The van der Waals surface area contributed by atoms with Crippen molar-refractivity contribution in [2.75, 3.05) is 26.2 Å². The van der Waals surface area contributed by atoms with Gasteiger partial charge in [0.05, 0.1) is 0 Å². The van der Waals surface area contributed by atoms with E-state index in [0.29, 0.717) is 5.92 Å². The second kappa shape index (κ2) is 7.84. The number of hydrogen-bond acceptors (Lipinski definition) is 4. The molecule has 0 aliphatic carbocycles. The Bertz CT molecular complexity index is 302. The number of nitrogens with one attached hydrogen (secondary N) is 1. The lowest BCUT2D eigenvalue weighted by Gasteiger charge is -2.36. The minimum Gasteiger partial charge on any atom is -0.444 e. The van der Waals surface area contributed by atoms with Gasteiger partial charge in [-0.05, 0) is 59.4 Å². The topological polar surface area (TPSA) is 61.8 Å².